The molecule has 1 N–H and O–H groups in total. The zero-order valence-electron chi connectivity index (χ0n) is 16.1. The Morgan fingerprint density at radius 1 is 1.20 bits per heavy atom. The molecule has 158 valence electrons. The zero-order chi connectivity index (χ0) is 21.7. The normalized spacial score (nSPS) is 12.4. The van der Waals surface area contributed by atoms with Crippen molar-refractivity contribution in [1.29, 1.82) is 0 Å². The predicted molar refractivity (Wildman–Crippen MR) is 105 cm³/mol. The fraction of sp³-hybridized carbons (Fsp3) is 0.250. The summed E-state index contributed by atoms with van der Waals surface area (Å²) in [6.45, 7) is 3.66. The van der Waals surface area contributed by atoms with Crippen LogP contribution in [0, 0.1) is 6.92 Å². The molecule has 30 heavy (non-hydrogen) atoms. The molecule has 0 bridgehead atoms. The maximum Gasteiger partial charge on any atom is 0.416 e. The van der Waals surface area contributed by atoms with Gasteiger partial charge in [0.2, 0.25) is 5.91 Å². The second-order valence-electron chi connectivity index (χ2n) is 6.39. The first-order valence-corrected chi connectivity index (χ1v) is 9.75. The number of aryl methyl sites for hydroxylation is 1. The molecule has 1 atom stereocenters. The third-order valence-corrected chi connectivity index (χ3v) is 4.86. The van der Waals surface area contributed by atoms with Crippen molar-refractivity contribution in [2.45, 2.75) is 37.1 Å². The number of amides is 1. The minimum atomic E-state index is -4.43. The van der Waals surface area contributed by atoms with Crippen LogP contribution in [0.15, 0.2) is 58.2 Å². The minimum Gasteiger partial charge on any atom is -0.484 e. The Balaban J connectivity index is 1.51. The molecule has 1 aromatic heterocycles. The van der Waals surface area contributed by atoms with Gasteiger partial charge in [-0.15, -0.1) is 10.2 Å². The van der Waals surface area contributed by atoms with Gasteiger partial charge in [-0.3, -0.25) is 4.79 Å². The standard InChI is InChI=1S/C20H18F3N3O3S/c1-12-4-3-5-16(10-12)28-11-17-25-26-19(29-17)30-13(2)18(27)24-15-8-6-14(7-9-15)20(21,22)23/h3-10,13H,11H2,1-2H3,(H,24,27). The summed E-state index contributed by atoms with van der Waals surface area (Å²) in [5.74, 6) is 0.525. The summed E-state index contributed by atoms with van der Waals surface area (Å²) in [6.07, 6.45) is -4.43. The highest BCUT2D eigenvalue weighted by Gasteiger charge is 2.30. The van der Waals surface area contributed by atoms with Gasteiger partial charge < -0.3 is 14.5 Å². The van der Waals surface area contributed by atoms with Crippen molar-refractivity contribution in [3.05, 3.63) is 65.5 Å². The van der Waals surface area contributed by atoms with Gasteiger partial charge in [-0.25, -0.2) is 0 Å². The number of rotatable bonds is 7. The number of hydrogen-bond acceptors (Lipinski definition) is 6. The van der Waals surface area contributed by atoms with Crippen molar-refractivity contribution < 1.29 is 27.1 Å². The van der Waals surface area contributed by atoms with E-state index in [4.69, 9.17) is 9.15 Å². The summed E-state index contributed by atoms with van der Waals surface area (Å²) < 4.78 is 48.9. The molecule has 0 aliphatic rings. The van der Waals surface area contributed by atoms with Crippen molar-refractivity contribution in [3.63, 3.8) is 0 Å². The van der Waals surface area contributed by atoms with E-state index in [1.165, 1.54) is 12.1 Å². The molecule has 0 fully saturated rings. The molecule has 0 saturated heterocycles. The van der Waals surface area contributed by atoms with Gasteiger partial charge in [0, 0.05) is 5.69 Å². The maximum absolute atomic E-state index is 12.6. The highest BCUT2D eigenvalue weighted by atomic mass is 32.2. The predicted octanol–water partition coefficient (Wildman–Crippen LogP) is 5.10. The summed E-state index contributed by atoms with van der Waals surface area (Å²) in [5, 5.41) is 9.89. The summed E-state index contributed by atoms with van der Waals surface area (Å²) in [4.78, 5) is 12.3. The Hall–Kier alpha value is -3.01. The zero-order valence-corrected chi connectivity index (χ0v) is 16.9. The third-order valence-electron chi connectivity index (χ3n) is 3.93. The van der Waals surface area contributed by atoms with E-state index in [1.807, 2.05) is 31.2 Å². The molecule has 1 unspecified atom stereocenters. The van der Waals surface area contributed by atoms with E-state index in [1.54, 1.807) is 6.92 Å². The lowest BCUT2D eigenvalue weighted by Gasteiger charge is -2.11. The molecule has 0 saturated carbocycles. The van der Waals surface area contributed by atoms with Crippen LogP contribution in [0.25, 0.3) is 0 Å². The number of halogens is 3. The maximum atomic E-state index is 12.6. The van der Waals surface area contributed by atoms with Gasteiger partial charge in [0.25, 0.3) is 11.1 Å². The average molecular weight is 437 g/mol. The van der Waals surface area contributed by atoms with Gasteiger partial charge in [0.15, 0.2) is 6.61 Å². The van der Waals surface area contributed by atoms with Crippen LogP contribution in [0.3, 0.4) is 0 Å². The molecule has 1 amide bonds. The first kappa shape index (κ1) is 21.7. The van der Waals surface area contributed by atoms with Gasteiger partial charge in [0.1, 0.15) is 5.75 Å². The first-order valence-electron chi connectivity index (χ1n) is 8.87. The van der Waals surface area contributed by atoms with Crippen molar-refractivity contribution in [2.75, 3.05) is 5.32 Å². The molecule has 3 rings (SSSR count). The Kier molecular flexibility index (Phi) is 6.66. The molecule has 0 aliphatic heterocycles. The van der Waals surface area contributed by atoms with Crippen LogP contribution in [-0.4, -0.2) is 21.4 Å². The fourth-order valence-corrected chi connectivity index (χ4v) is 3.09. The van der Waals surface area contributed by atoms with Gasteiger partial charge in [-0.1, -0.05) is 23.9 Å². The molecular formula is C20H18F3N3O3S. The van der Waals surface area contributed by atoms with Crippen LogP contribution >= 0.6 is 11.8 Å². The van der Waals surface area contributed by atoms with E-state index >= 15 is 0 Å². The lowest BCUT2D eigenvalue weighted by molar-refractivity contribution is -0.137. The number of carbonyl (C=O) groups is 1. The number of nitrogens with one attached hydrogen (secondary N) is 1. The number of alkyl halides is 3. The molecule has 0 spiro atoms. The summed E-state index contributed by atoms with van der Waals surface area (Å²) >= 11 is 1.04. The van der Waals surface area contributed by atoms with Gasteiger partial charge >= 0.3 is 6.18 Å². The number of hydrogen-bond donors (Lipinski definition) is 1. The summed E-state index contributed by atoms with van der Waals surface area (Å²) in [6, 6.07) is 11.7. The third kappa shape index (κ3) is 5.99. The molecule has 1 heterocycles. The Morgan fingerprint density at radius 3 is 2.60 bits per heavy atom. The summed E-state index contributed by atoms with van der Waals surface area (Å²) in [7, 11) is 0. The van der Waals surface area contributed by atoms with E-state index in [0.717, 1.165) is 29.5 Å². The first-order chi connectivity index (χ1) is 14.2. The number of ether oxygens (including phenoxy) is 1. The molecule has 2 aromatic carbocycles. The Labute approximate surface area is 174 Å². The van der Waals surface area contributed by atoms with E-state index in [0.29, 0.717) is 5.75 Å². The van der Waals surface area contributed by atoms with Gasteiger partial charge in [-0.2, -0.15) is 13.2 Å². The number of benzene rings is 2. The SMILES string of the molecule is Cc1cccc(OCc2nnc(SC(C)C(=O)Nc3ccc(C(F)(F)F)cc3)o2)c1. The largest absolute Gasteiger partial charge is 0.484 e. The number of carbonyl (C=O) groups excluding carboxylic acids is 1. The second kappa shape index (κ2) is 9.21. The molecule has 10 heteroatoms. The van der Waals surface area contributed by atoms with E-state index < -0.39 is 22.9 Å². The fourth-order valence-electron chi connectivity index (χ4n) is 2.39. The smallest absolute Gasteiger partial charge is 0.416 e. The number of aromatic nitrogens is 2. The molecule has 6 nitrogen and oxygen atoms in total. The van der Waals surface area contributed by atoms with E-state index in [-0.39, 0.29) is 23.4 Å². The minimum absolute atomic E-state index is 0.0865. The van der Waals surface area contributed by atoms with E-state index in [2.05, 4.69) is 15.5 Å². The van der Waals surface area contributed by atoms with E-state index in [9.17, 15) is 18.0 Å². The number of nitrogens with zero attached hydrogens (tertiary/aromatic N) is 2. The topological polar surface area (TPSA) is 77.2 Å². The van der Waals surface area contributed by atoms with Crippen LogP contribution in [0.2, 0.25) is 0 Å². The van der Waals surface area contributed by atoms with Crippen molar-refractivity contribution in [3.8, 4) is 5.75 Å². The lowest BCUT2D eigenvalue weighted by Crippen LogP contribution is -2.22. The Morgan fingerprint density at radius 2 is 1.93 bits per heavy atom. The van der Waals surface area contributed by atoms with Crippen LogP contribution in [-0.2, 0) is 17.6 Å². The van der Waals surface area contributed by atoms with Gasteiger partial charge in [0.05, 0.1) is 10.8 Å². The highest BCUT2D eigenvalue weighted by molar-refractivity contribution is 8.00. The van der Waals surface area contributed by atoms with Crippen LogP contribution in [0.1, 0.15) is 23.9 Å². The average Bonchev–Trinajstić information content (AvgIpc) is 3.13. The molecule has 0 aliphatic carbocycles. The lowest BCUT2D eigenvalue weighted by atomic mass is 10.2. The Bertz CT molecular complexity index is 1010. The molecular weight excluding hydrogens is 419 g/mol. The van der Waals surface area contributed by atoms with Crippen LogP contribution in [0.4, 0.5) is 18.9 Å². The second-order valence-corrected chi connectivity index (χ2v) is 7.68. The van der Waals surface area contributed by atoms with Crippen molar-refractivity contribution in [2.24, 2.45) is 0 Å². The monoisotopic (exact) mass is 437 g/mol. The number of anilines is 1. The quantitative estimate of drug-likeness (QED) is 0.519. The molecule has 0 radical (unpaired) electrons. The van der Waals surface area contributed by atoms with Crippen molar-refractivity contribution in [1.82, 2.24) is 10.2 Å². The number of thioether (sulfide) groups is 1. The highest BCUT2D eigenvalue weighted by Crippen LogP contribution is 2.30. The van der Waals surface area contributed by atoms with Crippen molar-refractivity contribution >= 4 is 23.4 Å². The molecule has 3 aromatic rings. The summed E-state index contributed by atoms with van der Waals surface area (Å²) in [5.41, 5.74) is 0.537. The van der Waals surface area contributed by atoms with Crippen LogP contribution < -0.4 is 10.1 Å². The van der Waals surface area contributed by atoms with Crippen LogP contribution in [0.5, 0.6) is 5.75 Å². The van der Waals surface area contributed by atoms with Gasteiger partial charge in [-0.05, 0) is 55.8 Å².